The standard InChI is InChI=1S/C13H9N5O2/c1-18-9-3-2-7(4-10(9)20-13(18)19)12-16-8(6-14)5-11(15)17-12/h2-5H,1H3,(H2,15,16,17). The maximum Gasteiger partial charge on any atom is 0.419 e. The molecule has 0 radical (unpaired) electrons. The lowest BCUT2D eigenvalue weighted by molar-refractivity contribution is 0.528. The molecule has 0 atom stereocenters. The van der Waals surface area contributed by atoms with Gasteiger partial charge in [0.25, 0.3) is 0 Å². The van der Waals surface area contributed by atoms with E-state index in [9.17, 15) is 4.79 Å². The Balaban J connectivity index is 2.22. The van der Waals surface area contributed by atoms with Crippen LogP contribution in [0.3, 0.4) is 0 Å². The van der Waals surface area contributed by atoms with E-state index < -0.39 is 5.76 Å². The molecule has 0 aliphatic rings. The third-order valence-corrected chi connectivity index (χ3v) is 2.91. The fraction of sp³-hybridized carbons (Fsp3) is 0.0769. The largest absolute Gasteiger partial charge is 0.419 e. The quantitative estimate of drug-likeness (QED) is 0.705. The summed E-state index contributed by atoms with van der Waals surface area (Å²) in [7, 11) is 1.62. The van der Waals surface area contributed by atoms with Crippen LogP contribution in [0, 0.1) is 11.3 Å². The van der Waals surface area contributed by atoms with Crippen molar-refractivity contribution in [3.8, 4) is 17.5 Å². The molecule has 20 heavy (non-hydrogen) atoms. The summed E-state index contributed by atoms with van der Waals surface area (Å²) in [6.07, 6.45) is 0. The highest BCUT2D eigenvalue weighted by Gasteiger charge is 2.10. The lowest BCUT2D eigenvalue weighted by atomic mass is 10.2. The average molecular weight is 267 g/mol. The van der Waals surface area contributed by atoms with Crippen molar-refractivity contribution < 1.29 is 4.42 Å². The molecule has 2 aromatic heterocycles. The van der Waals surface area contributed by atoms with Gasteiger partial charge in [0.15, 0.2) is 11.4 Å². The van der Waals surface area contributed by atoms with Crippen molar-refractivity contribution in [1.29, 1.82) is 5.26 Å². The molecule has 2 N–H and O–H groups in total. The molecular formula is C13H9N5O2. The normalized spacial score (nSPS) is 10.6. The van der Waals surface area contributed by atoms with Gasteiger partial charge in [-0.3, -0.25) is 4.57 Å². The molecule has 3 rings (SSSR count). The second-order valence-corrected chi connectivity index (χ2v) is 4.22. The van der Waals surface area contributed by atoms with Gasteiger partial charge in [0.1, 0.15) is 17.6 Å². The highest BCUT2D eigenvalue weighted by molar-refractivity contribution is 5.79. The summed E-state index contributed by atoms with van der Waals surface area (Å²) >= 11 is 0. The summed E-state index contributed by atoms with van der Waals surface area (Å²) in [5.74, 6) is 0.0828. The van der Waals surface area contributed by atoms with Gasteiger partial charge in [-0.05, 0) is 18.2 Å². The second kappa shape index (κ2) is 4.20. The first kappa shape index (κ1) is 11.9. The van der Waals surface area contributed by atoms with Crippen molar-refractivity contribution in [3.05, 3.63) is 40.5 Å². The van der Waals surface area contributed by atoms with Gasteiger partial charge < -0.3 is 10.2 Å². The van der Waals surface area contributed by atoms with E-state index in [1.165, 1.54) is 10.6 Å². The number of aryl methyl sites for hydroxylation is 1. The Morgan fingerprint density at radius 2 is 2.15 bits per heavy atom. The molecule has 0 saturated carbocycles. The molecule has 98 valence electrons. The molecule has 2 heterocycles. The zero-order chi connectivity index (χ0) is 14.3. The zero-order valence-corrected chi connectivity index (χ0v) is 10.5. The molecule has 0 aliphatic carbocycles. The number of nitrogen functional groups attached to an aromatic ring is 1. The molecule has 7 nitrogen and oxygen atoms in total. The van der Waals surface area contributed by atoms with Crippen molar-refractivity contribution in [1.82, 2.24) is 14.5 Å². The number of hydrogen-bond acceptors (Lipinski definition) is 6. The summed E-state index contributed by atoms with van der Waals surface area (Å²) in [6, 6.07) is 8.43. The van der Waals surface area contributed by atoms with Gasteiger partial charge >= 0.3 is 5.76 Å². The first-order chi connectivity index (χ1) is 9.58. The van der Waals surface area contributed by atoms with Crippen LogP contribution in [0.4, 0.5) is 5.82 Å². The Labute approximate surface area is 112 Å². The first-order valence-electron chi connectivity index (χ1n) is 5.73. The lowest BCUT2D eigenvalue weighted by Crippen LogP contribution is -2.08. The van der Waals surface area contributed by atoms with E-state index in [1.807, 2.05) is 6.07 Å². The molecular weight excluding hydrogens is 258 g/mol. The van der Waals surface area contributed by atoms with Crippen LogP contribution in [0.5, 0.6) is 0 Å². The van der Waals surface area contributed by atoms with Crippen LogP contribution >= 0.6 is 0 Å². The van der Waals surface area contributed by atoms with Crippen molar-refractivity contribution in [2.45, 2.75) is 0 Å². The highest BCUT2D eigenvalue weighted by Crippen LogP contribution is 2.22. The fourth-order valence-electron chi connectivity index (χ4n) is 1.93. The number of benzene rings is 1. The number of nitriles is 1. The van der Waals surface area contributed by atoms with Crippen LogP contribution < -0.4 is 11.5 Å². The molecule has 0 amide bonds. The second-order valence-electron chi connectivity index (χ2n) is 4.22. The van der Waals surface area contributed by atoms with Crippen LogP contribution in [-0.4, -0.2) is 14.5 Å². The molecule has 0 unspecified atom stereocenters. The van der Waals surface area contributed by atoms with Crippen molar-refractivity contribution in [2.75, 3.05) is 5.73 Å². The maximum absolute atomic E-state index is 11.4. The van der Waals surface area contributed by atoms with Gasteiger partial charge in [0.2, 0.25) is 0 Å². The predicted octanol–water partition coefficient (Wildman–Crippen LogP) is 1.04. The Morgan fingerprint density at radius 3 is 2.90 bits per heavy atom. The van der Waals surface area contributed by atoms with Crippen LogP contribution in [-0.2, 0) is 7.05 Å². The summed E-state index contributed by atoms with van der Waals surface area (Å²) in [4.78, 5) is 19.6. The van der Waals surface area contributed by atoms with Crippen LogP contribution in [0.25, 0.3) is 22.5 Å². The summed E-state index contributed by atoms with van der Waals surface area (Å²) in [5.41, 5.74) is 7.54. The molecule has 0 saturated heterocycles. The van der Waals surface area contributed by atoms with Crippen molar-refractivity contribution in [3.63, 3.8) is 0 Å². The Hall–Kier alpha value is -3.14. The van der Waals surface area contributed by atoms with E-state index in [4.69, 9.17) is 15.4 Å². The summed E-state index contributed by atoms with van der Waals surface area (Å²) < 4.78 is 6.51. The Kier molecular flexibility index (Phi) is 2.51. The Bertz CT molecular complexity index is 917. The zero-order valence-electron chi connectivity index (χ0n) is 10.5. The van der Waals surface area contributed by atoms with Crippen LogP contribution in [0.1, 0.15) is 5.69 Å². The smallest absolute Gasteiger partial charge is 0.408 e. The summed E-state index contributed by atoms with van der Waals surface area (Å²) in [5, 5.41) is 8.89. The van der Waals surface area contributed by atoms with E-state index in [0.717, 1.165) is 0 Å². The van der Waals surface area contributed by atoms with E-state index in [2.05, 4.69) is 9.97 Å². The predicted molar refractivity (Wildman–Crippen MR) is 71.6 cm³/mol. The van der Waals surface area contributed by atoms with E-state index >= 15 is 0 Å². The minimum absolute atomic E-state index is 0.183. The van der Waals surface area contributed by atoms with Gasteiger partial charge in [-0.25, -0.2) is 14.8 Å². The molecule has 1 aromatic carbocycles. The van der Waals surface area contributed by atoms with Gasteiger partial charge in [-0.2, -0.15) is 5.26 Å². The number of fused-ring (bicyclic) bond motifs is 1. The first-order valence-corrected chi connectivity index (χ1v) is 5.73. The molecule has 0 spiro atoms. The monoisotopic (exact) mass is 267 g/mol. The fourth-order valence-corrected chi connectivity index (χ4v) is 1.93. The number of hydrogen-bond donors (Lipinski definition) is 1. The minimum atomic E-state index is -0.441. The molecule has 0 fully saturated rings. The van der Waals surface area contributed by atoms with Crippen LogP contribution in [0.15, 0.2) is 33.5 Å². The SMILES string of the molecule is Cn1c(=O)oc2cc(-c3nc(N)cc(C#N)n3)ccc21. The third-order valence-electron chi connectivity index (χ3n) is 2.91. The van der Waals surface area contributed by atoms with Gasteiger partial charge in [0.05, 0.1) is 5.52 Å². The van der Waals surface area contributed by atoms with Gasteiger partial charge in [-0.1, -0.05) is 0 Å². The number of rotatable bonds is 1. The molecule has 0 bridgehead atoms. The van der Waals surface area contributed by atoms with Crippen molar-refractivity contribution >= 4 is 16.9 Å². The number of nitrogens with two attached hydrogens (primary N) is 1. The molecule has 3 aromatic rings. The lowest BCUT2D eigenvalue weighted by Gasteiger charge is -2.02. The average Bonchev–Trinajstić information content (AvgIpc) is 2.73. The van der Waals surface area contributed by atoms with E-state index in [-0.39, 0.29) is 11.5 Å². The number of aromatic nitrogens is 3. The van der Waals surface area contributed by atoms with E-state index in [0.29, 0.717) is 22.5 Å². The van der Waals surface area contributed by atoms with Gasteiger partial charge in [-0.15, -0.1) is 0 Å². The molecule has 7 heteroatoms. The Morgan fingerprint density at radius 1 is 1.35 bits per heavy atom. The summed E-state index contributed by atoms with van der Waals surface area (Å²) in [6.45, 7) is 0. The van der Waals surface area contributed by atoms with Crippen molar-refractivity contribution in [2.24, 2.45) is 7.05 Å². The topological polar surface area (TPSA) is 111 Å². The third kappa shape index (κ3) is 1.80. The molecule has 0 aliphatic heterocycles. The van der Waals surface area contributed by atoms with Gasteiger partial charge in [0, 0.05) is 18.7 Å². The maximum atomic E-state index is 11.4. The number of oxazole rings is 1. The van der Waals surface area contributed by atoms with Crippen LogP contribution in [0.2, 0.25) is 0 Å². The minimum Gasteiger partial charge on any atom is -0.408 e. The van der Waals surface area contributed by atoms with E-state index in [1.54, 1.807) is 25.2 Å². The highest BCUT2D eigenvalue weighted by atomic mass is 16.4. The number of anilines is 1. The number of nitrogens with zero attached hydrogens (tertiary/aromatic N) is 4.